The van der Waals surface area contributed by atoms with Crippen LogP contribution >= 0.6 is 23.3 Å². The Morgan fingerprint density at radius 2 is 2.64 bits per heavy atom. The number of aromatic nitrogens is 2. The van der Waals surface area contributed by atoms with Gasteiger partial charge in [-0.3, -0.25) is 4.79 Å². The van der Waals surface area contributed by atoms with Gasteiger partial charge in [0.1, 0.15) is 5.00 Å². The van der Waals surface area contributed by atoms with Crippen molar-refractivity contribution in [1.29, 1.82) is 0 Å². The van der Waals surface area contributed by atoms with Crippen molar-refractivity contribution in [2.75, 3.05) is 23.4 Å². The molecule has 7 heteroatoms. The SMILES string of the molecule is O=C(Nc1cnns1)C1CSCCN1. The fourth-order valence-corrected chi connectivity index (χ4v) is 2.52. The Labute approximate surface area is 89.8 Å². The molecular formula is C7H10N4OS2. The predicted molar refractivity (Wildman–Crippen MR) is 57.7 cm³/mol. The first-order chi connectivity index (χ1) is 6.86. The quantitative estimate of drug-likeness (QED) is 0.759. The van der Waals surface area contributed by atoms with Gasteiger partial charge in [0, 0.05) is 29.6 Å². The summed E-state index contributed by atoms with van der Waals surface area (Å²) in [6.07, 6.45) is 1.55. The maximum Gasteiger partial charge on any atom is 0.243 e. The van der Waals surface area contributed by atoms with Gasteiger partial charge in [0.25, 0.3) is 0 Å². The lowest BCUT2D eigenvalue weighted by molar-refractivity contribution is -0.117. The van der Waals surface area contributed by atoms with E-state index in [1.54, 1.807) is 18.0 Å². The number of hydrogen-bond donors (Lipinski definition) is 2. The summed E-state index contributed by atoms with van der Waals surface area (Å²) in [5.41, 5.74) is 0. The summed E-state index contributed by atoms with van der Waals surface area (Å²) in [7, 11) is 0. The van der Waals surface area contributed by atoms with Crippen molar-refractivity contribution in [3.8, 4) is 0 Å². The third kappa shape index (κ3) is 2.43. The second-order valence-corrected chi connectivity index (χ2v) is 4.79. The minimum atomic E-state index is -0.0872. The van der Waals surface area contributed by atoms with Crippen molar-refractivity contribution in [2.24, 2.45) is 0 Å². The van der Waals surface area contributed by atoms with Crippen molar-refractivity contribution in [1.82, 2.24) is 14.9 Å². The van der Waals surface area contributed by atoms with Crippen LogP contribution in [0.2, 0.25) is 0 Å². The smallest absolute Gasteiger partial charge is 0.243 e. The summed E-state index contributed by atoms with van der Waals surface area (Å²) in [6, 6.07) is -0.0872. The highest BCUT2D eigenvalue weighted by Crippen LogP contribution is 2.12. The Hall–Kier alpha value is -0.660. The fraction of sp³-hybridized carbons (Fsp3) is 0.571. The van der Waals surface area contributed by atoms with Gasteiger partial charge in [-0.2, -0.15) is 11.8 Å². The second-order valence-electron chi connectivity index (χ2n) is 2.85. The van der Waals surface area contributed by atoms with Gasteiger partial charge in [0.2, 0.25) is 5.91 Å². The molecule has 0 saturated carbocycles. The Kier molecular flexibility index (Phi) is 3.33. The number of nitrogens with one attached hydrogen (secondary N) is 2. The number of carbonyl (C=O) groups excluding carboxylic acids is 1. The van der Waals surface area contributed by atoms with E-state index >= 15 is 0 Å². The molecule has 2 N–H and O–H groups in total. The lowest BCUT2D eigenvalue weighted by Crippen LogP contribution is -2.46. The molecule has 5 nitrogen and oxygen atoms in total. The van der Waals surface area contributed by atoms with E-state index < -0.39 is 0 Å². The highest BCUT2D eigenvalue weighted by atomic mass is 32.2. The molecule has 1 unspecified atom stereocenters. The Morgan fingerprint density at radius 3 is 3.29 bits per heavy atom. The summed E-state index contributed by atoms with van der Waals surface area (Å²) in [5, 5.41) is 10.3. The molecule has 1 saturated heterocycles. The van der Waals surface area contributed by atoms with Crippen LogP contribution < -0.4 is 10.6 Å². The van der Waals surface area contributed by atoms with E-state index in [0.29, 0.717) is 5.00 Å². The van der Waals surface area contributed by atoms with Gasteiger partial charge in [-0.05, 0) is 0 Å². The summed E-state index contributed by atoms with van der Waals surface area (Å²) in [4.78, 5) is 11.6. The molecule has 1 atom stereocenters. The average Bonchev–Trinajstić information content (AvgIpc) is 2.72. The van der Waals surface area contributed by atoms with E-state index in [4.69, 9.17) is 0 Å². The zero-order valence-corrected chi connectivity index (χ0v) is 9.03. The van der Waals surface area contributed by atoms with E-state index in [9.17, 15) is 4.79 Å². The largest absolute Gasteiger partial charge is 0.314 e. The Bertz CT molecular complexity index is 297. The number of hydrogen-bond acceptors (Lipinski definition) is 6. The first-order valence-electron chi connectivity index (χ1n) is 4.25. The molecule has 1 aliphatic heterocycles. The van der Waals surface area contributed by atoms with E-state index in [1.165, 1.54) is 11.5 Å². The normalized spacial score (nSPS) is 21.9. The molecule has 0 radical (unpaired) electrons. The molecule has 0 bridgehead atoms. The molecule has 2 rings (SSSR count). The van der Waals surface area contributed by atoms with Gasteiger partial charge in [-0.25, -0.2) is 0 Å². The van der Waals surface area contributed by atoms with Crippen LogP contribution in [-0.4, -0.2) is 39.6 Å². The number of thioether (sulfide) groups is 1. The second kappa shape index (κ2) is 4.72. The number of anilines is 1. The van der Waals surface area contributed by atoms with Crippen molar-refractivity contribution in [2.45, 2.75) is 6.04 Å². The van der Waals surface area contributed by atoms with E-state index in [1.807, 2.05) is 0 Å². The van der Waals surface area contributed by atoms with Gasteiger partial charge in [0.05, 0.1) is 12.2 Å². The molecule has 0 aromatic carbocycles. The third-order valence-corrected chi connectivity index (χ3v) is 3.49. The minimum absolute atomic E-state index is 0.00301. The van der Waals surface area contributed by atoms with Crippen molar-refractivity contribution >= 4 is 34.2 Å². The van der Waals surface area contributed by atoms with Gasteiger partial charge in [0.15, 0.2) is 0 Å². The first-order valence-corrected chi connectivity index (χ1v) is 6.18. The van der Waals surface area contributed by atoms with Crippen molar-refractivity contribution in [3.63, 3.8) is 0 Å². The van der Waals surface area contributed by atoms with Crippen molar-refractivity contribution < 1.29 is 4.79 Å². The van der Waals surface area contributed by atoms with Crippen LogP contribution in [0.4, 0.5) is 5.00 Å². The van der Waals surface area contributed by atoms with Crippen LogP contribution in [0.5, 0.6) is 0 Å². The summed E-state index contributed by atoms with van der Waals surface area (Å²) in [6.45, 7) is 0.893. The molecule has 1 aromatic heterocycles. The number of nitrogens with zero attached hydrogens (tertiary/aromatic N) is 2. The van der Waals surface area contributed by atoms with Gasteiger partial charge >= 0.3 is 0 Å². The van der Waals surface area contributed by atoms with Crippen LogP contribution in [0.15, 0.2) is 6.20 Å². The molecule has 1 fully saturated rings. The van der Waals surface area contributed by atoms with Crippen LogP contribution in [0, 0.1) is 0 Å². The molecule has 1 amide bonds. The average molecular weight is 230 g/mol. The van der Waals surface area contributed by atoms with Crippen LogP contribution in [-0.2, 0) is 4.79 Å². The molecule has 14 heavy (non-hydrogen) atoms. The van der Waals surface area contributed by atoms with Gasteiger partial charge in [-0.1, -0.05) is 4.49 Å². The fourth-order valence-electron chi connectivity index (χ4n) is 1.16. The van der Waals surface area contributed by atoms with Crippen LogP contribution in [0.25, 0.3) is 0 Å². The topological polar surface area (TPSA) is 66.9 Å². The van der Waals surface area contributed by atoms with Gasteiger partial charge in [-0.15, -0.1) is 5.10 Å². The molecule has 1 aliphatic rings. The Morgan fingerprint density at radius 1 is 1.71 bits per heavy atom. The maximum atomic E-state index is 11.6. The molecule has 76 valence electrons. The first kappa shape index (κ1) is 9.88. The number of rotatable bonds is 2. The highest BCUT2D eigenvalue weighted by molar-refractivity contribution is 7.99. The predicted octanol–water partition coefficient (Wildman–Crippen LogP) is 0.182. The maximum absolute atomic E-state index is 11.6. The number of carbonyl (C=O) groups is 1. The molecule has 0 spiro atoms. The third-order valence-electron chi connectivity index (χ3n) is 1.85. The Balaban J connectivity index is 1.88. The molecular weight excluding hydrogens is 220 g/mol. The minimum Gasteiger partial charge on any atom is -0.314 e. The standard InChI is InChI=1S/C7H10N4OS2/c12-7(5-4-13-2-1-8-5)10-6-3-9-11-14-6/h3,5,8H,1-2,4H2,(H,10,12). The zero-order chi connectivity index (χ0) is 9.80. The van der Waals surface area contributed by atoms with E-state index in [2.05, 4.69) is 20.2 Å². The number of amides is 1. The zero-order valence-electron chi connectivity index (χ0n) is 7.40. The summed E-state index contributed by atoms with van der Waals surface area (Å²) >= 11 is 2.98. The highest BCUT2D eigenvalue weighted by Gasteiger charge is 2.21. The molecule has 2 heterocycles. The summed E-state index contributed by atoms with van der Waals surface area (Å²) < 4.78 is 3.67. The monoisotopic (exact) mass is 230 g/mol. The van der Waals surface area contributed by atoms with E-state index in [0.717, 1.165) is 18.1 Å². The van der Waals surface area contributed by atoms with Crippen LogP contribution in [0.1, 0.15) is 0 Å². The lowest BCUT2D eigenvalue weighted by Gasteiger charge is -2.21. The van der Waals surface area contributed by atoms with Gasteiger partial charge < -0.3 is 10.6 Å². The van der Waals surface area contributed by atoms with Crippen LogP contribution in [0.3, 0.4) is 0 Å². The molecule has 1 aromatic rings. The van der Waals surface area contributed by atoms with Crippen molar-refractivity contribution in [3.05, 3.63) is 6.20 Å². The lowest BCUT2D eigenvalue weighted by atomic mass is 10.3. The summed E-state index contributed by atoms with van der Waals surface area (Å²) in [5.74, 6) is 1.91. The van der Waals surface area contributed by atoms with E-state index in [-0.39, 0.29) is 11.9 Å². The molecule has 0 aliphatic carbocycles.